The lowest BCUT2D eigenvalue weighted by Gasteiger charge is -2.18. The number of allylic oxidation sites excluding steroid dienone is 4. The van der Waals surface area contributed by atoms with Crippen LogP contribution in [0.2, 0.25) is 5.15 Å². The fourth-order valence-electron chi connectivity index (χ4n) is 2.42. The van der Waals surface area contributed by atoms with Gasteiger partial charge < -0.3 is 5.73 Å². The number of rotatable bonds is 5. The molecule has 124 valence electrons. The van der Waals surface area contributed by atoms with Crippen molar-refractivity contribution in [2.45, 2.75) is 40.2 Å². The van der Waals surface area contributed by atoms with Crippen LogP contribution in [0.25, 0.3) is 11.3 Å². The first-order valence-corrected chi connectivity index (χ1v) is 8.17. The molecule has 2 unspecified atom stereocenters. The van der Waals surface area contributed by atoms with Crippen molar-refractivity contribution in [3.8, 4) is 0 Å². The molecule has 0 aliphatic carbocycles. The monoisotopic (exact) mass is 334 g/mol. The average Bonchev–Trinajstić information content (AvgIpc) is 2.88. The first-order chi connectivity index (χ1) is 10.9. The normalized spacial score (nSPS) is 15.5. The number of hydrogen-bond acceptors (Lipinski definition) is 3. The molecule has 5 nitrogen and oxygen atoms in total. The molecule has 2 heterocycles. The van der Waals surface area contributed by atoms with E-state index in [2.05, 4.69) is 24.9 Å². The smallest absolute Gasteiger partial charge is 0.323 e. The zero-order chi connectivity index (χ0) is 17.1. The predicted molar refractivity (Wildman–Crippen MR) is 95.6 cm³/mol. The second-order valence-electron chi connectivity index (χ2n) is 5.73. The molecule has 2 atom stereocenters. The Labute approximate surface area is 141 Å². The Morgan fingerprint density at radius 2 is 2.17 bits per heavy atom. The Hall–Kier alpha value is -1.85. The summed E-state index contributed by atoms with van der Waals surface area (Å²) in [4.78, 5) is 17.2. The van der Waals surface area contributed by atoms with Gasteiger partial charge in [-0.1, -0.05) is 44.0 Å². The van der Waals surface area contributed by atoms with E-state index in [0.29, 0.717) is 22.4 Å². The van der Waals surface area contributed by atoms with Crippen molar-refractivity contribution in [3.05, 3.63) is 51.8 Å². The largest absolute Gasteiger partial charge is 0.339 e. The molecule has 0 aromatic carbocycles. The van der Waals surface area contributed by atoms with E-state index in [1.807, 2.05) is 32.1 Å². The van der Waals surface area contributed by atoms with Gasteiger partial charge in [-0.15, -0.1) is 0 Å². The molecule has 2 aromatic rings. The van der Waals surface area contributed by atoms with Gasteiger partial charge in [0, 0.05) is 23.5 Å². The van der Waals surface area contributed by atoms with Crippen molar-refractivity contribution >= 4 is 22.9 Å². The van der Waals surface area contributed by atoms with Crippen LogP contribution in [-0.2, 0) is 0 Å². The summed E-state index contributed by atoms with van der Waals surface area (Å²) in [5.41, 5.74) is 7.85. The highest BCUT2D eigenvalue weighted by Crippen LogP contribution is 2.20. The third-order valence-corrected chi connectivity index (χ3v) is 4.09. The van der Waals surface area contributed by atoms with Crippen molar-refractivity contribution in [1.29, 1.82) is 0 Å². The van der Waals surface area contributed by atoms with E-state index in [1.165, 1.54) is 10.6 Å². The maximum absolute atomic E-state index is 13.0. The van der Waals surface area contributed by atoms with E-state index in [-0.39, 0.29) is 11.7 Å². The van der Waals surface area contributed by atoms with E-state index in [4.69, 9.17) is 17.3 Å². The molecule has 2 N–H and O–H groups in total. The van der Waals surface area contributed by atoms with Gasteiger partial charge in [0.1, 0.15) is 10.8 Å². The van der Waals surface area contributed by atoms with Crippen LogP contribution in [0.15, 0.2) is 35.3 Å². The highest BCUT2D eigenvalue weighted by atomic mass is 35.5. The third kappa shape index (κ3) is 3.41. The minimum absolute atomic E-state index is 0.259. The molecule has 0 saturated heterocycles. The minimum Gasteiger partial charge on any atom is -0.323 e. The maximum atomic E-state index is 13.0. The number of imidazole rings is 1. The third-order valence-electron chi connectivity index (χ3n) is 3.83. The van der Waals surface area contributed by atoms with E-state index in [9.17, 15) is 4.79 Å². The fraction of sp³-hybridized carbons (Fsp3) is 0.412. The topological polar surface area (TPSA) is 65.3 Å². The van der Waals surface area contributed by atoms with E-state index in [1.54, 1.807) is 4.57 Å². The minimum atomic E-state index is -0.311. The van der Waals surface area contributed by atoms with Crippen molar-refractivity contribution < 1.29 is 0 Å². The van der Waals surface area contributed by atoms with Crippen LogP contribution in [0.1, 0.15) is 45.9 Å². The molecule has 0 amide bonds. The summed E-state index contributed by atoms with van der Waals surface area (Å²) in [6.07, 6.45) is 8.35. The second-order valence-corrected chi connectivity index (χ2v) is 6.11. The van der Waals surface area contributed by atoms with Gasteiger partial charge in [-0.25, -0.2) is 14.2 Å². The Bertz CT molecular complexity index is 814. The van der Waals surface area contributed by atoms with Gasteiger partial charge in [-0.3, -0.25) is 4.57 Å². The van der Waals surface area contributed by atoms with Crippen molar-refractivity contribution in [2.24, 2.45) is 11.7 Å². The molecule has 2 aromatic heterocycles. The van der Waals surface area contributed by atoms with Crippen LogP contribution in [0, 0.1) is 5.92 Å². The van der Waals surface area contributed by atoms with Gasteiger partial charge in [-0.05, 0) is 25.8 Å². The van der Waals surface area contributed by atoms with Gasteiger partial charge in [-0.2, -0.15) is 0 Å². The molecule has 2 rings (SSSR count). The summed E-state index contributed by atoms with van der Waals surface area (Å²) in [6.45, 7) is 8.00. The number of hydrogen-bond donors (Lipinski definition) is 1. The number of fused-ring (bicyclic) bond motifs is 1. The first-order valence-electron chi connectivity index (χ1n) is 7.80. The molecular weight excluding hydrogens is 312 g/mol. The zero-order valence-corrected chi connectivity index (χ0v) is 14.7. The van der Waals surface area contributed by atoms with Crippen molar-refractivity contribution in [2.75, 3.05) is 0 Å². The van der Waals surface area contributed by atoms with Crippen LogP contribution in [0.5, 0.6) is 0 Å². The lowest BCUT2D eigenvalue weighted by Crippen LogP contribution is -2.31. The summed E-state index contributed by atoms with van der Waals surface area (Å²) in [5.74, 6) is 0.336. The van der Waals surface area contributed by atoms with Crippen LogP contribution >= 0.6 is 11.6 Å². The van der Waals surface area contributed by atoms with Crippen LogP contribution in [0.3, 0.4) is 0 Å². The number of aromatic nitrogens is 3. The Balaban J connectivity index is 2.86. The van der Waals surface area contributed by atoms with E-state index < -0.39 is 0 Å². The Kier molecular flexibility index (Phi) is 5.44. The summed E-state index contributed by atoms with van der Waals surface area (Å²) in [5, 5.41) is 0.290. The lowest BCUT2D eigenvalue weighted by atomic mass is 10.1. The van der Waals surface area contributed by atoms with Crippen molar-refractivity contribution in [1.82, 2.24) is 14.0 Å². The molecular formula is C17H23ClN4O. The van der Waals surface area contributed by atoms with Crippen LogP contribution in [0.4, 0.5) is 0 Å². The summed E-state index contributed by atoms with van der Waals surface area (Å²) in [6, 6.07) is 1.50. The van der Waals surface area contributed by atoms with E-state index in [0.717, 1.165) is 12.1 Å². The summed E-state index contributed by atoms with van der Waals surface area (Å²) >= 11 is 6.11. The number of halogens is 1. The Morgan fingerprint density at radius 1 is 1.48 bits per heavy atom. The molecule has 0 fully saturated rings. The number of nitrogens with zero attached hydrogens (tertiary/aromatic N) is 3. The number of nitrogens with two attached hydrogens (primary N) is 1. The zero-order valence-electron chi connectivity index (χ0n) is 14.0. The maximum Gasteiger partial charge on any atom is 0.339 e. The average molecular weight is 335 g/mol. The Morgan fingerprint density at radius 3 is 2.74 bits per heavy atom. The predicted octanol–water partition coefficient (Wildman–Crippen LogP) is 3.63. The second kappa shape index (κ2) is 7.15. The van der Waals surface area contributed by atoms with Crippen LogP contribution in [-0.4, -0.2) is 14.0 Å². The quantitative estimate of drug-likeness (QED) is 0.849. The fourth-order valence-corrected chi connectivity index (χ4v) is 2.63. The van der Waals surface area contributed by atoms with Crippen LogP contribution < -0.4 is 11.4 Å². The van der Waals surface area contributed by atoms with Crippen molar-refractivity contribution in [3.63, 3.8) is 0 Å². The molecule has 0 saturated carbocycles. The highest BCUT2D eigenvalue weighted by Gasteiger charge is 2.17. The van der Waals surface area contributed by atoms with Gasteiger partial charge in [0.2, 0.25) is 0 Å². The van der Waals surface area contributed by atoms with E-state index >= 15 is 0 Å². The van der Waals surface area contributed by atoms with Gasteiger partial charge >= 0.3 is 5.69 Å². The van der Waals surface area contributed by atoms with Gasteiger partial charge in [0.15, 0.2) is 0 Å². The lowest BCUT2D eigenvalue weighted by molar-refractivity contribution is 0.684. The molecule has 0 bridgehead atoms. The SMILES string of the molecule is C/C=C\C(=C/C(C)CC)n1c(C(C)N)cc2ncc(Cl)n2c1=O. The van der Waals surface area contributed by atoms with Gasteiger partial charge in [0.05, 0.1) is 6.20 Å². The molecule has 0 aliphatic rings. The molecule has 0 radical (unpaired) electrons. The highest BCUT2D eigenvalue weighted by molar-refractivity contribution is 6.29. The summed E-state index contributed by atoms with van der Waals surface area (Å²) < 4.78 is 3.01. The standard InChI is InChI=1S/C17H23ClN4O/c1-5-7-13(8-11(3)6-2)21-14(12(4)19)9-16-20-10-15(18)22(16)17(21)23/h5,7-12H,6,19H2,1-4H3/b7-5-,13-8+. The molecule has 0 aliphatic heterocycles. The molecule has 23 heavy (non-hydrogen) atoms. The molecule has 0 spiro atoms. The molecule has 6 heteroatoms. The first kappa shape index (κ1) is 17.5. The van der Waals surface area contributed by atoms with Gasteiger partial charge in [0.25, 0.3) is 0 Å². The summed E-state index contributed by atoms with van der Waals surface area (Å²) in [7, 11) is 0.